The first-order valence-electron chi connectivity index (χ1n) is 7.74. The van der Waals surface area contributed by atoms with E-state index in [0.29, 0.717) is 11.1 Å². The van der Waals surface area contributed by atoms with Gasteiger partial charge >= 0.3 is 6.09 Å². The molecule has 24 heavy (non-hydrogen) atoms. The van der Waals surface area contributed by atoms with Crippen molar-refractivity contribution in [1.29, 1.82) is 0 Å². The van der Waals surface area contributed by atoms with Gasteiger partial charge in [0.05, 0.1) is 0 Å². The van der Waals surface area contributed by atoms with Crippen LogP contribution in [-0.4, -0.2) is 21.9 Å². The van der Waals surface area contributed by atoms with Gasteiger partial charge in [0.25, 0.3) is 5.22 Å². The average Bonchev–Trinajstić information content (AvgIpc) is 2.93. The lowest BCUT2D eigenvalue weighted by molar-refractivity contribution is 0.0500. The fourth-order valence-electron chi connectivity index (χ4n) is 1.83. The van der Waals surface area contributed by atoms with Gasteiger partial charge in [-0.05, 0) is 40.2 Å². The topological polar surface area (TPSA) is 77.2 Å². The number of amides is 1. The van der Waals surface area contributed by atoms with Crippen LogP contribution in [0.1, 0.15) is 50.8 Å². The van der Waals surface area contributed by atoms with Crippen molar-refractivity contribution in [3.8, 4) is 0 Å². The second-order valence-corrected chi connectivity index (χ2v) is 7.47. The predicted octanol–water partition coefficient (Wildman–Crippen LogP) is 4.26. The molecule has 2 aromatic rings. The summed E-state index contributed by atoms with van der Waals surface area (Å²) in [7, 11) is 0. The number of nitrogens with zero attached hydrogens (tertiary/aromatic N) is 2. The summed E-state index contributed by atoms with van der Waals surface area (Å²) in [5.74, 6) is 1.10. The fraction of sp³-hybridized carbons (Fsp3) is 0.471. The van der Waals surface area contributed by atoms with E-state index in [4.69, 9.17) is 9.15 Å². The van der Waals surface area contributed by atoms with Crippen LogP contribution in [0.4, 0.5) is 4.79 Å². The molecule has 1 aromatic carbocycles. The molecule has 130 valence electrons. The third-order valence-electron chi connectivity index (χ3n) is 3.01. The molecule has 0 aliphatic heterocycles. The van der Waals surface area contributed by atoms with E-state index < -0.39 is 17.7 Å². The standard InChI is InChI=1S/C17H23N3O3S/c1-11-6-8-13(9-7-11)10-24-16-20-19-14(22-16)12(2)18-15(21)23-17(3,4)5/h6-9,12H,10H2,1-5H3,(H,18,21)/t12-/m0/s1. The predicted molar refractivity (Wildman–Crippen MR) is 92.8 cm³/mol. The third-order valence-corrected chi connectivity index (χ3v) is 3.90. The Labute approximate surface area is 146 Å². The number of carbonyl (C=O) groups excluding carboxylic acids is 1. The lowest BCUT2D eigenvalue weighted by atomic mass is 10.2. The SMILES string of the molecule is Cc1ccc(CSc2nnc([C@H](C)NC(=O)OC(C)(C)C)o2)cc1. The second kappa shape index (κ2) is 7.70. The lowest BCUT2D eigenvalue weighted by Crippen LogP contribution is -2.34. The zero-order valence-electron chi connectivity index (χ0n) is 14.6. The number of rotatable bonds is 5. The van der Waals surface area contributed by atoms with Gasteiger partial charge in [-0.25, -0.2) is 4.79 Å². The number of ether oxygens (including phenoxy) is 1. The summed E-state index contributed by atoms with van der Waals surface area (Å²) >= 11 is 1.46. The molecule has 0 radical (unpaired) electrons. The first-order chi connectivity index (χ1) is 11.2. The van der Waals surface area contributed by atoms with E-state index in [-0.39, 0.29) is 0 Å². The maximum Gasteiger partial charge on any atom is 0.408 e. The molecule has 0 fully saturated rings. The average molecular weight is 349 g/mol. The van der Waals surface area contributed by atoms with Gasteiger partial charge in [0.1, 0.15) is 11.6 Å². The molecule has 0 saturated heterocycles. The minimum atomic E-state index is -0.548. The Bertz CT molecular complexity index is 677. The normalized spacial score (nSPS) is 12.7. The molecule has 0 unspecified atom stereocenters. The Morgan fingerprint density at radius 2 is 1.96 bits per heavy atom. The summed E-state index contributed by atoms with van der Waals surface area (Å²) in [4.78, 5) is 11.8. The number of thioether (sulfide) groups is 1. The Kier molecular flexibility index (Phi) is 5.88. The third kappa shape index (κ3) is 5.88. The van der Waals surface area contributed by atoms with Crippen molar-refractivity contribution in [1.82, 2.24) is 15.5 Å². The van der Waals surface area contributed by atoms with Crippen LogP contribution < -0.4 is 5.32 Å². The molecule has 1 N–H and O–H groups in total. The first kappa shape index (κ1) is 18.3. The van der Waals surface area contributed by atoms with Gasteiger partial charge in [-0.15, -0.1) is 10.2 Å². The molecule has 1 aromatic heterocycles. The Morgan fingerprint density at radius 1 is 1.29 bits per heavy atom. The Morgan fingerprint density at radius 3 is 2.58 bits per heavy atom. The van der Waals surface area contributed by atoms with Crippen molar-refractivity contribution in [2.24, 2.45) is 0 Å². The fourth-order valence-corrected chi connectivity index (χ4v) is 2.55. The summed E-state index contributed by atoms with van der Waals surface area (Å²) in [6.07, 6.45) is -0.512. The number of alkyl carbamates (subject to hydrolysis) is 1. The number of nitrogens with one attached hydrogen (secondary N) is 1. The first-order valence-corrected chi connectivity index (χ1v) is 8.73. The van der Waals surface area contributed by atoms with Crippen LogP contribution in [0.5, 0.6) is 0 Å². The minimum Gasteiger partial charge on any atom is -0.444 e. The van der Waals surface area contributed by atoms with Crippen molar-refractivity contribution in [2.75, 3.05) is 0 Å². The van der Waals surface area contributed by atoms with Gasteiger partial charge < -0.3 is 14.5 Å². The summed E-state index contributed by atoms with van der Waals surface area (Å²) in [5.41, 5.74) is 1.87. The summed E-state index contributed by atoms with van der Waals surface area (Å²) in [6, 6.07) is 7.88. The molecule has 6 nitrogen and oxygen atoms in total. The zero-order chi connectivity index (χ0) is 17.7. The Balaban J connectivity index is 1.87. The molecule has 0 aliphatic carbocycles. The summed E-state index contributed by atoms with van der Waals surface area (Å²) < 4.78 is 10.8. The highest BCUT2D eigenvalue weighted by molar-refractivity contribution is 7.98. The summed E-state index contributed by atoms with van der Waals surface area (Å²) in [5, 5.41) is 11.1. The molecule has 1 amide bonds. The van der Waals surface area contributed by atoms with Gasteiger partial charge in [-0.2, -0.15) is 0 Å². The maximum atomic E-state index is 11.8. The molecule has 1 heterocycles. The van der Waals surface area contributed by atoms with Crippen molar-refractivity contribution < 1.29 is 13.9 Å². The van der Waals surface area contributed by atoms with Crippen molar-refractivity contribution in [3.63, 3.8) is 0 Å². The number of benzene rings is 1. The smallest absolute Gasteiger partial charge is 0.408 e. The highest BCUT2D eigenvalue weighted by atomic mass is 32.2. The van der Waals surface area contributed by atoms with Crippen LogP contribution in [0.2, 0.25) is 0 Å². The highest BCUT2D eigenvalue weighted by Crippen LogP contribution is 2.23. The molecular formula is C17H23N3O3S. The monoisotopic (exact) mass is 349 g/mol. The van der Waals surface area contributed by atoms with Crippen LogP contribution >= 0.6 is 11.8 Å². The molecule has 0 bridgehead atoms. The molecule has 0 spiro atoms. The van der Waals surface area contributed by atoms with Crippen LogP contribution in [0.25, 0.3) is 0 Å². The van der Waals surface area contributed by atoms with Crippen molar-refractivity contribution in [3.05, 3.63) is 41.3 Å². The van der Waals surface area contributed by atoms with E-state index in [2.05, 4.69) is 46.7 Å². The van der Waals surface area contributed by atoms with Gasteiger partial charge in [-0.3, -0.25) is 0 Å². The lowest BCUT2D eigenvalue weighted by Gasteiger charge is -2.20. The van der Waals surface area contributed by atoms with Gasteiger partial charge in [0.15, 0.2) is 0 Å². The van der Waals surface area contributed by atoms with E-state index in [1.165, 1.54) is 22.9 Å². The van der Waals surface area contributed by atoms with Crippen LogP contribution in [0.3, 0.4) is 0 Å². The van der Waals surface area contributed by atoms with Crippen LogP contribution in [-0.2, 0) is 10.5 Å². The van der Waals surface area contributed by atoms with Gasteiger partial charge in [-0.1, -0.05) is 41.6 Å². The molecule has 7 heteroatoms. The summed E-state index contributed by atoms with van der Waals surface area (Å²) in [6.45, 7) is 9.25. The van der Waals surface area contributed by atoms with Crippen LogP contribution in [0.15, 0.2) is 33.9 Å². The molecule has 2 rings (SSSR count). The molecule has 0 saturated carbocycles. The number of aryl methyl sites for hydroxylation is 1. The number of hydrogen-bond donors (Lipinski definition) is 1. The van der Waals surface area contributed by atoms with E-state index in [9.17, 15) is 4.79 Å². The van der Waals surface area contributed by atoms with E-state index in [1.807, 2.05) is 20.8 Å². The van der Waals surface area contributed by atoms with E-state index >= 15 is 0 Å². The van der Waals surface area contributed by atoms with Crippen molar-refractivity contribution >= 4 is 17.9 Å². The van der Waals surface area contributed by atoms with Crippen molar-refractivity contribution in [2.45, 2.75) is 57.2 Å². The molecular weight excluding hydrogens is 326 g/mol. The zero-order valence-corrected chi connectivity index (χ0v) is 15.4. The largest absolute Gasteiger partial charge is 0.444 e. The van der Waals surface area contributed by atoms with E-state index in [1.54, 1.807) is 6.92 Å². The highest BCUT2D eigenvalue weighted by Gasteiger charge is 2.21. The van der Waals surface area contributed by atoms with E-state index in [0.717, 1.165) is 5.75 Å². The quantitative estimate of drug-likeness (QED) is 0.813. The van der Waals surface area contributed by atoms with Crippen LogP contribution in [0, 0.1) is 6.92 Å². The maximum absolute atomic E-state index is 11.8. The number of aromatic nitrogens is 2. The molecule has 1 atom stereocenters. The number of hydrogen-bond acceptors (Lipinski definition) is 6. The van der Waals surface area contributed by atoms with Gasteiger partial charge in [0, 0.05) is 5.75 Å². The second-order valence-electron chi connectivity index (χ2n) is 6.55. The number of carbonyl (C=O) groups is 1. The minimum absolute atomic E-state index is 0.354. The molecule has 0 aliphatic rings. The Hall–Kier alpha value is -2.02. The van der Waals surface area contributed by atoms with Gasteiger partial charge in [0.2, 0.25) is 5.89 Å².